The topological polar surface area (TPSA) is 152 Å². The number of halogens is 1. The normalized spacial score (nSPS) is 19.8. The number of ether oxygens (including phenoxy) is 2. The van der Waals surface area contributed by atoms with Crippen molar-refractivity contribution >= 4 is 60.1 Å². The van der Waals surface area contributed by atoms with Gasteiger partial charge in [-0.1, -0.05) is 107 Å². The molecule has 1 aliphatic rings. The molecule has 0 spiro atoms. The number of amides is 1. The van der Waals surface area contributed by atoms with Crippen LogP contribution in [0.1, 0.15) is 69.4 Å². The van der Waals surface area contributed by atoms with E-state index in [1.165, 1.54) is 17.2 Å². The van der Waals surface area contributed by atoms with Gasteiger partial charge in [0.15, 0.2) is 29.4 Å². The predicted molar refractivity (Wildman–Crippen MR) is 233 cm³/mol. The summed E-state index contributed by atoms with van der Waals surface area (Å²) in [6, 6.07) is 31.8. The number of alkyl halides is 1. The first-order valence-electron chi connectivity index (χ1n) is 19.7. The van der Waals surface area contributed by atoms with E-state index >= 15 is 4.39 Å². The minimum Gasteiger partial charge on any atom is -0.493 e. The Morgan fingerprint density at radius 3 is 2.27 bits per heavy atom. The molecule has 0 saturated carbocycles. The van der Waals surface area contributed by atoms with E-state index < -0.39 is 56.7 Å². The molecule has 2 N–H and O–H groups in total. The Bertz CT molecular complexity index is 2390. The van der Waals surface area contributed by atoms with Crippen LogP contribution in [0.3, 0.4) is 0 Å². The van der Waals surface area contributed by atoms with Gasteiger partial charge < -0.3 is 28.6 Å². The van der Waals surface area contributed by atoms with Gasteiger partial charge in [0.05, 0.1) is 25.2 Å². The van der Waals surface area contributed by atoms with Crippen molar-refractivity contribution in [3.8, 4) is 5.75 Å². The lowest BCUT2D eigenvalue weighted by molar-refractivity contribution is -0.0430. The van der Waals surface area contributed by atoms with E-state index in [0.29, 0.717) is 23.6 Å². The fraction of sp³-hybridized carbons (Fsp3) is 0.326. The molecular formula is C43H48FN6O7PSSi. The van der Waals surface area contributed by atoms with Crippen LogP contribution in [0.4, 0.5) is 10.2 Å². The van der Waals surface area contributed by atoms with Crippen molar-refractivity contribution in [1.29, 1.82) is 0 Å². The van der Waals surface area contributed by atoms with E-state index in [0.717, 1.165) is 16.8 Å². The van der Waals surface area contributed by atoms with E-state index in [1.807, 2.05) is 73.7 Å². The summed E-state index contributed by atoms with van der Waals surface area (Å²) in [5, 5.41) is 4.13. The molecule has 6 atom stereocenters. The van der Waals surface area contributed by atoms with E-state index in [1.54, 1.807) is 49.5 Å². The van der Waals surface area contributed by atoms with Crippen LogP contribution in [-0.4, -0.2) is 75.2 Å². The first-order chi connectivity index (χ1) is 28.8. The van der Waals surface area contributed by atoms with Crippen LogP contribution in [0.2, 0.25) is 5.04 Å². The highest BCUT2D eigenvalue weighted by Gasteiger charge is 2.57. The second-order valence-electron chi connectivity index (χ2n) is 15.4. The molecule has 6 aromatic rings. The zero-order chi connectivity index (χ0) is 42.5. The largest absolute Gasteiger partial charge is 0.493 e. The quantitative estimate of drug-likeness (QED) is 0.0734. The number of imidazole rings is 1. The predicted octanol–water partition coefficient (Wildman–Crippen LogP) is 7.45. The fourth-order valence-corrected chi connectivity index (χ4v) is 13.6. The third kappa shape index (κ3) is 9.26. The van der Waals surface area contributed by atoms with E-state index in [9.17, 15) is 9.69 Å². The molecule has 1 fully saturated rings. The lowest BCUT2D eigenvalue weighted by Crippen LogP contribution is -2.69. The molecule has 3 aromatic carbocycles. The standard InChI is InChI=1S/C43H48FN6O7PSSi/c1-6-24-53-31-22-23-45-34(25-31)29(2)56-58(52,59)54-26-35-38(57-60(43(3,4)5,32-18-12-8-13-19-32)33-20-14-9-15-21-33)36(44)42(55-35)50-28-48-37-39(46-27-47-40(37)50)49-41(51)30-16-10-7-11-17-30/h7-23,25,27-29,35-36,38,42H,6,24,26H2,1-5H3,(H,52,59)(H,46,47,49,51)/t29-,35-,36-,38-,42-,58?/m1/s1. The molecule has 1 aliphatic heterocycles. The number of aromatic nitrogens is 5. The zero-order valence-electron chi connectivity index (χ0n) is 33.9. The van der Waals surface area contributed by atoms with Crippen molar-refractivity contribution in [3.05, 3.63) is 133 Å². The number of hydrogen-bond donors (Lipinski definition) is 2. The number of hydrogen-bond acceptors (Lipinski definition) is 11. The molecule has 1 amide bonds. The maximum atomic E-state index is 17.7. The van der Waals surface area contributed by atoms with Crippen molar-refractivity contribution in [2.75, 3.05) is 18.5 Å². The number of nitrogens with zero attached hydrogens (tertiary/aromatic N) is 5. The lowest BCUT2D eigenvalue weighted by Gasteiger charge is -2.45. The van der Waals surface area contributed by atoms with Crippen LogP contribution in [0, 0.1) is 0 Å². The molecule has 314 valence electrons. The third-order valence-corrected chi connectivity index (χ3v) is 16.9. The number of benzene rings is 3. The van der Waals surface area contributed by atoms with Gasteiger partial charge in [-0.05, 0) is 58.8 Å². The number of carbonyl (C=O) groups excluding carboxylic acids is 1. The van der Waals surface area contributed by atoms with Crippen LogP contribution >= 0.6 is 6.72 Å². The first kappa shape index (κ1) is 43.3. The summed E-state index contributed by atoms with van der Waals surface area (Å²) in [7, 11) is -3.39. The first-order valence-corrected chi connectivity index (χ1v) is 24.2. The molecule has 1 saturated heterocycles. The van der Waals surface area contributed by atoms with Crippen molar-refractivity contribution in [2.45, 2.75) is 76.8 Å². The molecule has 17 heteroatoms. The van der Waals surface area contributed by atoms with Crippen LogP contribution in [0.25, 0.3) is 11.2 Å². The van der Waals surface area contributed by atoms with Gasteiger partial charge in [-0.25, -0.2) is 19.3 Å². The van der Waals surface area contributed by atoms with Crippen LogP contribution < -0.4 is 20.4 Å². The second kappa shape index (κ2) is 18.5. The summed E-state index contributed by atoms with van der Waals surface area (Å²) in [6.07, 6.45) is -1.20. The van der Waals surface area contributed by atoms with Gasteiger partial charge in [-0.2, -0.15) is 0 Å². The Morgan fingerprint density at radius 2 is 1.63 bits per heavy atom. The highest BCUT2D eigenvalue weighted by molar-refractivity contribution is 8.07. The lowest BCUT2D eigenvalue weighted by atomic mass is 10.1. The number of rotatable bonds is 16. The van der Waals surface area contributed by atoms with Gasteiger partial charge in [0.25, 0.3) is 14.2 Å². The highest BCUT2D eigenvalue weighted by atomic mass is 32.5. The Labute approximate surface area is 354 Å². The van der Waals surface area contributed by atoms with E-state index in [4.69, 9.17) is 34.8 Å². The molecule has 3 aromatic heterocycles. The maximum Gasteiger partial charge on any atom is 0.325 e. The molecular weight excluding hydrogens is 823 g/mol. The van der Waals surface area contributed by atoms with Crippen molar-refractivity contribution in [2.24, 2.45) is 0 Å². The summed E-state index contributed by atoms with van der Waals surface area (Å²) >= 11 is 5.52. The molecule has 7 rings (SSSR count). The summed E-state index contributed by atoms with van der Waals surface area (Å²) in [5.74, 6) is 0.353. The van der Waals surface area contributed by atoms with Gasteiger partial charge in [0, 0.05) is 17.8 Å². The van der Waals surface area contributed by atoms with Gasteiger partial charge in [-0.15, -0.1) is 0 Å². The zero-order valence-corrected chi connectivity index (χ0v) is 36.6. The molecule has 1 unspecified atom stereocenters. The summed E-state index contributed by atoms with van der Waals surface area (Å²) in [5.41, 5.74) is 1.35. The third-order valence-electron chi connectivity index (χ3n) is 10.2. The average molecular weight is 871 g/mol. The smallest absolute Gasteiger partial charge is 0.325 e. The maximum absolute atomic E-state index is 17.7. The van der Waals surface area contributed by atoms with Crippen molar-refractivity contribution in [3.63, 3.8) is 0 Å². The molecule has 4 heterocycles. The van der Waals surface area contributed by atoms with Gasteiger partial charge >= 0.3 is 6.72 Å². The van der Waals surface area contributed by atoms with Gasteiger partial charge in [0.1, 0.15) is 30.4 Å². The summed E-state index contributed by atoms with van der Waals surface area (Å²) in [6.45, 7) is 6.15. The van der Waals surface area contributed by atoms with Crippen molar-refractivity contribution < 1.29 is 37.0 Å². The minimum absolute atomic E-state index is 0.144. The molecule has 60 heavy (non-hydrogen) atoms. The average Bonchev–Trinajstić information content (AvgIpc) is 3.82. The summed E-state index contributed by atoms with van der Waals surface area (Å²) in [4.78, 5) is 42.1. The van der Waals surface area contributed by atoms with Crippen LogP contribution in [0.5, 0.6) is 5.75 Å². The Balaban J connectivity index is 1.23. The molecule has 0 radical (unpaired) electrons. The number of anilines is 1. The number of fused-ring (bicyclic) bond motifs is 1. The van der Waals surface area contributed by atoms with Crippen molar-refractivity contribution in [1.82, 2.24) is 24.5 Å². The minimum atomic E-state index is -3.99. The Kier molecular flexibility index (Phi) is 13.3. The fourth-order valence-electron chi connectivity index (χ4n) is 7.40. The second-order valence-corrected chi connectivity index (χ2v) is 22.4. The number of pyridine rings is 1. The van der Waals surface area contributed by atoms with E-state index in [2.05, 4.69) is 46.0 Å². The van der Waals surface area contributed by atoms with Crippen LogP contribution in [0.15, 0.2) is 122 Å². The van der Waals surface area contributed by atoms with Gasteiger partial charge in [0.2, 0.25) is 0 Å². The Morgan fingerprint density at radius 1 is 0.983 bits per heavy atom. The highest BCUT2D eigenvalue weighted by Crippen LogP contribution is 2.50. The SMILES string of the molecule is CCCOc1ccnc([C@@H](C)OP(O)(=S)OC[C@H]2O[C@@H](n3cnc4c(NC(=O)c5ccccc5)ncnc43)[C@H](F)[C@@H]2O[Si](c2ccccc2)(c2ccccc2)C(C)(C)C)c1. The number of nitrogens with one attached hydrogen (secondary N) is 1. The van der Waals surface area contributed by atoms with Crippen LogP contribution in [-0.2, 0) is 30.0 Å². The van der Waals surface area contributed by atoms with Gasteiger partial charge in [-0.3, -0.25) is 18.9 Å². The monoisotopic (exact) mass is 870 g/mol. The number of carbonyl (C=O) groups is 1. The molecule has 0 bridgehead atoms. The molecule has 0 aliphatic carbocycles. The molecule has 13 nitrogen and oxygen atoms in total. The Hall–Kier alpha value is -4.77. The summed E-state index contributed by atoms with van der Waals surface area (Å²) < 4.78 is 50.7. The van der Waals surface area contributed by atoms with E-state index in [-0.39, 0.29) is 23.6 Å².